The third-order valence-corrected chi connectivity index (χ3v) is 3.51. The molecule has 0 unspecified atom stereocenters. The lowest BCUT2D eigenvalue weighted by molar-refractivity contribution is -0.116. The van der Waals surface area contributed by atoms with E-state index in [-0.39, 0.29) is 11.6 Å². The number of carbonyl (C=O) groups excluding carboxylic acids is 1. The molecule has 0 radical (unpaired) electrons. The molecule has 124 valence electrons. The quantitative estimate of drug-likeness (QED) is 0.533. The van der Waals surface area contributed by atoms with Gasteiger partial charge >= 0.3 is 0 Å². The molecule has 5 nitrogen and oxygen atoms in total. The molecule has 2 rings (SSSR count). The van der Waals surface area contributed by atoms with Crippen molar-refractivity contribution < 1.29 is 4.79 Å². The third kappa shape index (κ3) is 5.05. The highest BCUT2D eigenvalue weighted by Gasteiger charge is 2.07. The first-order valence-electron chi connectivity index (χ1n) is 7.96. The molecule has 0 atom stereocenters. The van der Waals surface area contributed by atoms with E-state index < -0.39 is 0 Å². The number of anilines is 2. The van der Waals surface area contributed by atoms with Gasteiger partial charge in [-0.25, -0.2) is 0 Å². The minimum absolute atomic E-state index is 0.0231. The summed E-state index contributed by atoms with van der Waals surface area (Å²) < 4.78 is 0. The number of aromatic nitrogens is 1. The number of carbonyl (C=O) groups is 1. The summed E-state index contributed by atoms with van der Waals surface area (Å²) in [5, 5.41) is 11.1. The average Bonchev–Trinajstić information content (AvgIpc) is 2.60. The van der Waals surface area contributed by atoms with Gasteiger partial charge in [0.15, 0.2) is 0 Å². The molecule has 24 heavy (non-hydrogen) atoms. The Labute approximate surface area is 142 Å². The van der Waals surface area contributed by atoms with Gasteiger partial charge in [-0.05, 0) is 42.3 Å². The molecule has 0 aliphatic rings. The smallest absolute Gasteiger partial charge is 0.224 e. The molecular formula is C19H22N4O. The zero-order valence-corrected chi connectivity index (χ0v) is 13.8. The topological polar surface area (TPSA) is 91.9 Å². The van der Waals surface area contributed by atoms with Gasteiger partial charge in [-0.2, -0.15) is 0 Å². The normalized spacial score (nSPS) is 10.7. The van der Waals surface area contributed by atoms with Gasteiger partial charge in [0.1, 0.15) is 0 Å². The Bertz CT molecular complexity index is 738. The largest absolute Gasteiger partial charge is 0.398 e. The first kappa shape index (κ1) is 17.4. The number of nitrogens with two attached hydrogens (primary N) is 1. The molecule has 0 spiro atoms. The van der Waals surface area contributed by atoms with E-state index in [0.29, 0.717) is 23.4 Å². The lowest BCUT2D eigenvalue weighted by Crippen LogP contribution is -2.12. The van der Waals surface area contributed by atoms with E-state index >= 15 is 0 Å². The van der Waals surface area contributed by atoms with Gasteiger partial charge in [-0.15, -0.1) is 0 Å². The number of hydrogen-bond acceptors (Lipinski definition) is 4. The molecule has 0 bridgehead atoms. The molecule has 0 saturated heterocycles. The van der Waals surface area contributed by atoms with Crippen LogP contribution in [0, 0.1) is 5.41 Å². The number of nitrogens with one attached hydrogen (secondary N) is 2. The molecule has 0 saturated carbocycles. The Morgan fingerprint density at radius 2 is 2.21 bits per heavy atom. The van der Waals surface area contributed by atoms with Gasteiger partial charge in [-0.1, -0.05) is 25.5 Å². The maximum Gasteiger partial charge on any atom is 0.224 e. The monoisotopic (exact) mass is 322 g/mol. The first-order chi connectivity index (χ1) is 11.6. The summed E-state index contributed by atoms with van der Waals surface area (Å²) in [6.07, 6.45) is 9.23. The van der Waals surface area contributed by atoms with E-state index in [9.17, 15) is 4.79 Å². The van der Waals surface area contributed by atoms with Crippen LogP contribution in [0.3, 0.4) is 0 Å². The average molecular weight is 322 g/mol. The zero-order valence-electron chi connectivity index (χ0n) is 13.8. The second kappa shape index (κ2) is 8.62. The SMILES string of the molecule is CCCCC(=O)Nc1ccc(N)c(C(=N)/C=C/c2cccnc2)c1. The first-order valence-corrected chi connectivity index (χ1v) is 7.96. The number of rotatable bonds is 7. The number of allylic oxidation sites excluding steroid dienone is 1. The lowest BCUT2D eigenvalue weighted by Gasteiger charge is -2.09. The Morgan fingerprint density at radius 1 is 1.38 bits per heavy atom. The van der Waals surface area contributed by atoms with Crippen molar-refractivity contribution >= 4 is 29.1 Å². The number of benzene rings is 1. The van der Waals surface area contributed by atoms with Crippen LogP contribution in [0.1, 0.15) is 37.3 Å². The Hall–Kier alpha value is -2.95. The van der Waals surface area contributed by atoms with Gasteiger partial charge in [0.2, 0.25) is 5.91 Å². The highest BCUT2D eigenvalue weighted by molar-refractivity contribution is 6.12. The second-order valence-electron chi connectivity index (χ2n) is 5.49. The summed E-state index contributed by atoms with van der Waals surface area (Å²) in [7, 11) is 0. The third-order valence-electron chi connectivity index (χ3n) is 3.51. The van der Waals surface area contributed by atoms with E-state index in [1.807, 2.05) is 19.1 Å². The Balaban J connectivity index is 2.11. The second-order valence-corrected chi connectivity index (χ2v) is 5.49. The van der Waals surface area contributed by atoms with Gasteiger partial charge in [0.25, 0.3) is 0 Å². The molecule has 0 aliphatic heterocycles. The van der Waals surface area contributed by atoms with Crippen LogP contribution >= 0.6 is 0 Å². The molecule has 1 aromatic carbocycles. The van der Waals surface area contributed by atoms with Crippen molar-refractivity contribution in [3.63, 3.8) is 0 Å². The van der Waals surface area contributed by atoms with Crippen molar-refractivity contribution in [3.05, 3.63) is 59.9 Å². The van der Waals surface area contributed by atoms with Crippen LogP contribution in [-0.4, -0.2) is 16.6 Å². The molecule has 0 fully saturated rings. The minimum Gasteiger partial charge on any atom is -0.398 e. The highest BCUT2D eigenvalue weighted by atomic mass is 16.1. The van der Waals surface area contributed by atoms with Gasteiger partial charge in [0.05, 0.1) is 5.71 Å². The number of unbranched alkanes of at least 4 members (excludes halogenated alkanes) is 1. The summed E-state index contributed by atoms with van der Waals surface area (Å²) in [5.41, 5.74) is 8.90. The van der Waals surface area contributed by atoms with E-state index in [1.165, 1.54) is 0 Å². The van der Waals surface area contributed by atoms with E-state index in [1.54, 1.807) is 42.7 Å². The van der Waals surface area contributed by atoms with E-state index in [2.05, 4.69) is 10.3 Å². The van der Waals surface area contributed by atoms with Crippen molar-refractivity contribution in [2.45, 2.75) is 26.2 Å². The number of pyridine rings is 1. The van der Waals surface area contributed by atoms with Crippen LogP contribution < -0.4 is 11.1 Å². The van der Waals surface area contributed by atoms with Crippen LogP contribution in [0.15, 0.2) is 48.8 Å². The predicted molar refractivity (Wildman–Crippen MR) is 99.1 cm³/mol. The van der Waals surface area contributed by atoms with Crippen molar-refractivity contribution in [1.29, 1.82) is 5.41 Å². The zero-order chi connectivity index (χ0) is 17.4. The summed E-state index contributed by atoms with van der Waals surface area (Å²) in [6, 6.07) is 8.93. The van der Waals surface area contributed by atoms with Crippen molar-refractivity contribution in [3.8, 4) is 0 Å². The fraction of sp³-hybridized carbons (Fsp3) is 0.211. The maximum absolute atomic E-state index is 11.8. The molecular weight excluding hydrogens is 300 g/mol. The van der Waals surface area contributed by atoms with Crippen molar-refractivity contribution in [2.75, 3.05) is 11.1 Å². The Morgan fingerprint density at radius 3 is 2.92 bits per heavy atom. The van der Waals surface area contributed by atoms with Gasteiger partial charge in [0, 0.05) is 35.8 Å². The predicted octanol–water partition coefficient (Wildman–Crippen LogP) is 3.87. The maximum atomic E-state index is 11.8. The number of amides is 1. The summed E-state index contributed by atoms with van der Waals surface area (Å²) in [6.45, 7) is 2.05. The molecule has 4 N–H and O–H groups in total. The van der Waals surface area contributed by atoms with Crippen LogP contribution in [0.25, 0.3) is 6.08 Å². The number of nitrogen functional groups attached to an aromatic ring is 1. The molecule has 1 aromatic heterocycles. The van der Waals surface area contributed by atoms with Crippen molar-refractivity contribution in [1.82, 2.24) is 4.98 Å². The fourth-order valence-electron chi connectivity index (χ4n) is 2.17. The number of nitrogens with zero attached hydrogens (tertiary/aromatic N) is 1. The molecule has 1 amide bonds. The van der Waals surface area contributed by atoms with Crippen LogP contribution in [-0.2, 0) is 4.79 Å². The van der Waals surface area contributed by atoms with Gasteiger partial charge < -0.3 is 16.5 Å². The standard InChI is InChI=1S/C19H22N4O/c1-2-3-6-19(24)23-15-8-10-18(21)16(12-15)17(20)9-7-14-5-4-11-22-13-14/h4-5,7-13,20H,2-3,6,21H2,1H3,(H,23,24)/b9-7+,20-17?. The summed E-state index contributed by atoms with van der Waals surface area (Å²) in [5.74, 6) is -0.0231. The minimum atomic E-state index is -0.0231. The van der Waals surface area contributed by atoms with Crippen LogP contribution in [0.4, 0.5) is 11.4 Å². The Kier molecular flexibility index (Phi) is 6.25. The summed E-state index contributed by atoms with van der Waals surface area (Å²) >= 11 is 0. The fourth-order valence-corrected chi connectivity index (χ4v) is 2.17. The van der Waals surface area contributed by atoms with E-state index in [0.717, 1.165) is 18.4 Å². The molecule has 2 aromatic rings. The van der Waals surface area contributed by atoms with E-state index in [4.69, 9.17) is 11.1 Å². The van der Waals surface area contributed by atoms with Crippen LogP contribution in [0.2, 0.25) is 0 Å². The highest BCUT2D eigenvalue weighted by Crippen LogP contribution is 2.19. The molecule has 5 heteroatoms. The molecule has 1 heterocycles. The summed E-state index contributed by atoms with van der Waals surface area (Å²) in [4.78, 5) is 15.9. The van der Waals surface area contributed by atoms with Gasteiger partial charge in [-0.3, -0.25) is 9.78 Å². The van der Waals surface area contributed by atoms with Crippen molar-refractivity contribution in [2.24, 2.45) is 0 Å². The lowest BCUT2D eigenvalue weighted by atomic mass is 10.1. The van der Waals surface area contributed by atoms with Crippen LogP contribution in [0.5, 0.6) is 0 Å². The number of hydrogen-bond donors (Lipinski definition) is 3. The molecule has 0 aliphatic carbocycles.